The molecule has 1 saturated heterocycles. The standard InChI is InChI=1S/C9H13F3N2O2/c10-9(11,12)4-1-5-13-6-2-3-7(15)14-8(6)16/h6,13H,1-5H2,(H,14,15,16). The average Bonchev–Trinajstić information content (AvgIpc) is 2.13. The molecule has 0 spiro atoms. The van der Waals surface area contributed by atoms with E-state index in [0.29, 0.717) is 6.42 Å². The van der Waals surface area contributed by atoms with Crippen LogP contribution in [0.4, 0.5) is 13.2 Å². The van der Waals surface area contributed by atoms with Crippen molar-refractivity contribution in [1.29, 1.82) is 0 Å². The molecular weight excluding hydrogens is 225 g/mol. The Kier molecular flexibility index (Phi) is 4.28. The fourth-order valence-corrected chi connectivity index (χ4v) is 1.45. The van der Waals surface area contributed by atoms with Crippen molar-refractivity contribution in [3.05, 3.63) is 0 Å². The van der Waals surface area contributed by atoms with Crippen LogP contribution in [0.1, 0.15) is 25.7 Å². The van der Waals surface area contributed by atoms with Crippen molar-refractivity contribution in [2.24, 2.45) is 0 Å². The fraction of sp³-hybridized carbons (Fsp3) is 0.778. The van der Waals surface area contributed by atoms with Crippen molar-refractivity contribution < 1.29 is 22.8 Å². The predicted octanol–water partition coefficient (Wildman–Crippen LogP) is 0.724. The van der Waals surface area contributed by atoms with Crippen LogP contribution in [-0.2, 0) is 9.59 Å². The molecule has 2 amide bonds. The first-order valence-electron chi connectivity index (χ1n) is 5.02. The largest absolute Gasteiger partial charge is 0.389 e. The second-order valence-electron chi connectivity index (χ2n) is 3.68. The van der Waals surface area contributed by atoms with Gasteiger partial charge < -0.3 is 5.32 Å². The summed E-state index contributed by atoms with van der Waals surface area (Å²) in [5, 5.41) is 4.82. The highest BCUT2D eigenvalue weighted by molar-refractivity contribution is 6.00. The minimum atomic E-state index is -4.16. The molecule has 1 heterocycles. The second-order valence-corrected chi connectivity index (χ2v) is 3.68. The van der Waals surface area contributed by atoms with Gasteiger partial charge in [-0.25, -0.2) is 0 Å². The molecular formula is C9H13F3N2O2. The lowest BCUT2D eigenvalue weighted by molar-refractivity contribution is -0.135. The molecule has 1 unspecified atom stereocenters. The molecule has 0 bridgehead atoms. The summed E-state index contributed by atoms with van der Waals surface area (Å²) < 4.78 is 35.4. The van der Waals surface area contributed by atoms with Gasteiger partial charge in [-0.1, -0.05) is 0 Å². The number of hydrogen-bond acceptors (Lipinski definition) is 3. The third-order valence-corrected chi connectivity index (χ3v) is 2.27. The lowest BCUT2D eigenvalue weighted by Crippen LogP contribution is -2.50. The van der Waals surface area contributed by atoms with Gasteiger partial charge >= 0.3 is 6.18 Å². The van der Waals surface area contributed by atoms with Gasteiger partial charge in [0.2, 0.25) is 11.8 Å². The van der Waals surface area contributed by atoms with E-state index in [1.54, 1.807) is 0 Å². The van der Waals surface area contributed by atoms with E-state index >= 15 is 0 Å². The molecule has 0 saturated carbocycles. The van der Waals surface area contributed by atoms with Gasteiger partial charge in [0.1, 0.15) is 0 Å². The van der Waals surface area contributed by atoms with Crippen LogP contribution in [0.25, 0.3) is 0 Å². The van der Waals surface area contributed by atoms with Gasteiger partial charge in [0.05, 0.1) is 6.04 Å². The smallest absolute Gasteiger partial charge is 0.306 e. The Labute approximate surface area is 90.6 Å². The van der Waals surface area contributed by atoms with Crippen molar-refractivity contribution in [2.75, 3.05) is 6.54 Å². The third kappa shape index (κ3) is 4.61. The molecule has 92 valence electrons. The Morgan fingerprint density at radius 2 is 2.06 bits per heavy atom. The van der Waals surface area contributed by atoms with Gasteiger partial charge in [-0.2, -0.15) is 13.2 Å². The SMILES string of the molecule is O=C1CCC(NCCCC(F)(F)F)C(=O)N1. The van der Waals surface area contributed by atoms with Crippen LogP contribution in [-0.4, -0.2) is 30.6 Å². The number of amides is 2. The molecule has 1 aliphatic heterocycles. The van der Waals surface area contributed by atoms with E-state index in [-0.39, 0.29) is 25.3 Å². The number of rotatable bonds is 4. The van der Waals surface area contributed by atoms with Gasteiger partial charge in [0.15, 0.2) is 0 Å². The Morgan fingerprint density at radius 1 is 1.38 bits per heavy atom. The summed E-state index contributed by atoms with van der Waals surface area (Å²) in [6.07, 6.45) is -4.53. The van der Waals surface area contributed by atoms with Crippen LogP contribution in [0.5, 0.6) is 0 Å². The van der Waals surface area contributed by atoms with Crippen LogP contribution in [0.2, 0.25) is 0 Å². The number of hydrogen-bond donors (Lipinski definition) is 2. The molecule has 16 heavy (non-hydrogen) atoms. The Hall–Kier alpha value is -1.11. The van der Waals surface area contributed by atoms with E-state index in [9.17, 15) is 22.8 Å². The Balaban J connectivity index is 2.18. The number of halogens is 3. The lowest BCUT2D eigenvalue weighted by Gasteiger charge is -2.21. The fourth-order valence-electron chi connectivity index (χ4n) is 1.45. The number of carbonyl (C=O) groups excluding carboxylic acids is 2. The number of alkyl halides is 3. The molecule has 2 N–H and O–H groups in total. The monoisotopic (exact) mass is 238 g/mol. The quantitative estimate of drug-likeness (QED) is 0.560. The summed E-state index contributed by atoms with van der Waals surface area (Å²) in [7, 11) is 0. The topological polar surface area (TPSA) is 58.2 Å². The molecule has 0 aliphatic carbocycles. The molecule has 1 fully saturated rings. The molecule has 7 heteroatoms. The van der Waals surface area contributed by atoms with E-state index in [1.165, 1.54) is 0 Å². The van der Waals surface area contributed by atoms with Crippen LogP contribution in [0, 0.1) is 0 Å². The van der Waals surface area contributed by atoms with Crippen LogP contribution < -0.4 is 10.6 Å². The number of imide groups is 1. The number of nitrogens with one attached hydrogen (secondary N) is 2. The molecule has 0 aromatic heterocycles. The van der Waals surface area contributed by atoms with Gasteiger partial charge in [-0.15, -0.1) is 0 Å². The van der Waals surface area contributed by atoms with Crippen molar-refractivity contribution in [1.82, 2.24) is 10.6 Å². The average molecular weight is 238 g/mol. The molecule has 0 aromatic rings. The van der Waals surface area contributed by atoms with Gasteiger partial charge in [0.25, 0.3) is 0 Å². The van der Waals surface area contributed by atoms with Crippen molar-refractivity contribution >= 4 is 11.8 Å². The third-order valence-electron chi connectivity index (χ3n) is 2.27. The highest BCUT2D eigenvalue weighted by Gasteiger charge is 2.28. The summed E-state index contributed by atoms with van der Waals surface area (Å²) in [5.41, 5.74) is 0. The Bertz CT molecular complexity index is 278. The zero-order valence-electron chi connectivity index (χ0n) is 8.56. The normalized spacial score (nSPS) is 22.1. The molecule has 1 aliphatic rings. The molecule has 0 aromatic carbocycles. The van der Waals surface area contributed by atoms with E-state index in [4.69, 9.17) is 0 Å². The first kappa shape index (κ1) is 13.0. The molecule has 1 atom stereocenters. The highest BCUT2D eigenvalue weighted by Crippen LogP contribution is 2.20. The van der Waals surface area contributed by atoms with Crippen molar-refractivity contribution in [3.63, 3.8) is 0 Å². The zero-order valence-corrected chi connectivity index (χ0v) is 8.56. The molecule has 4 nitrogen and oxygen atoms in total. The summed E-state index contributed by atoms with van der Waals surface area (Å²) >= 11 is 0. The minimum absolute atomic E-state index is 0.0682. The maximum Gasteiger partial charge on any atom is 0.389 e. The van der Waals surface area contributed by atoms with E-state index in [2.05, 4.69) is 10.6 Å². The maximum absolute atomic E-state index is 11.8. The molecule has 1 rings (SSSR count). The van der Waals surface area contributed by atoms with Crippen LogP contribution in [0.3, 0.4) is 0 Å². The number of carbonyl (C=O) groups is 2. The van der Waals surface area contributed by atoms with E-state index < -0.39 is 24.5 Å². The minimum Gasteiger partial charge on any atom is -0.306 e. The predicted molar refractivity (Wildman–Crippen MR) is 49.5 cm³/mol. The molecule has 0 radical (unpaired) electrons. The summed E-state index contributed by atoms with van der Waals surface area (Å²) in [6, 6.07) is -0.550. The maximum atomic E-state index is 11.8. The van der Waals surface area contributed by atoms with Gasteiger partial charge in [0, 0.05) is 12.8 Å². The van der Waals surface area contributed by atoms with E-state index in [1.807, 2.05) is 0 Å². The summed E-state index contributed by atoms with van der Waals surface area (Å²) in [5.74, 6) is -0.790. The summed E-state index contributed by atoms with van der Waals surface area (Å²) in [4.78, 5) is 22.0. The van der Waals surface area contributed by atoms with Crippen LogP contribution in [0.15, 0.2) is 0 Å². The van der Waals surface area contributed by atoms with Crippen LogP contribution >= 0.6 is 0 Å². The summed E-state index contributed by atoms with van der Waals surface area (Å²) in [6.45, 7) is 0.117. The van der Waals surface area contributed by atoms with Crippen molar-refractivity contribution in [3.8, 4) is 0 Å². The lowest BCUT2D eigenvalue weighted by atomic mass is 10.1. The second kappa shape index (κ2) is 5.29. The van der Waals surface area contributed by atoms with Gasteiger partial charge in [-0.05, 0) is 19.4 Å². The van der Waals surface area contributed by atoms with Gasteiger partial charge in [-0.3, -0.25) is 14.9 Å². The van der Waals surface area contributed by atoms with E-state index in [0.717, 1.165) is 0 Å². The highest BCUT2D eigenvalue weighted by atomic mass is 19.4. The zero-order chi connectivity index (χ0) is 12.2. The number of piperidine rings is 1. The first-order chi connectivity index (χ1) is 7.38. The first-order valence-corrected chi connectivity index (χ1v) is 5.02. The Morgan fingerprint density at radius 3 is 2.62 bits per heavy atom. The van der Waals surface area contributed by atoms with Crippen molar-refractivity contribution in [2.45, 2.75) is 37.9 Å².